The lowest BCUT2D eigenvalue weighted by Gasteiger charge is -2.12. The van der Waals surface area contributed by atoms with Crippen molar-refractivity contribution in [1.82, 2.24) is 10.9 Å². The van der Waals surface area contributed by atoms with Gasteiger partial charge >= 0.3 is 6.09 Å². The Kier molecular flexibility index (Phi) is 6.85. The topological polar surface area (TPSA) is 71.6 Å². The second-order valence-electron chi connectivity index (χ2n) is 4.72. The third-order valence-electron chi connectivity index (χ3n) is 2.91. The average molecular weight is 345 g/mol. The summed E-state index contributed by atoms with van der Waals surface area (Å²) in [6, 6.07) is 17.3. The molecule has 0 saturated carbocycles. The molecule has 0 aliphatic carbocycles. The first-order valence-electron chi connectivity index (χ1n) is 7.44. The monoisotopic (exact) mass is 345 g/mol. The van der Waals surface area contributed by atoms with Crippen molar-refractivity contribution in [1.29, 1.82) is 0 Å². The summed E-state index contributed by atoms with van der Waals surface area (Å²) in [5.74, 6) is 0.757. The number of ether oxygens (including phenoxy) is 2. The molecule has 0 bridgehead atoms. The van der Waals surface area contributed by atoms with E-state index in [0.29, 0.717) is 6.61 Å². The minimum atomic E-state index is -0.591. The van der Waals surface area contributed by atoms with Gasteiger partial charge in [-0.05, 0) is 49.0 Å². The van der Waals surface area contributed by atoms with Crippen LogP contribution in [0.5, 0.6) is 5.75 Å². The van der Waals surface area contributed by atoms with Crippen LogP contribution >= 0.6 is 12.2 Å². The first kappa shape index (κ1) is 17.6. The Morgan fingerprint density at radius 2 is 1.75 bits per heavy atom. The molecule has 0 unspecified atom stereocenters. The van der Waals surface area contributed by atoms with E-state index in [-0.39, 0.29) is 11.7 Å². The maximum absolute atomic E-state index is 11.1. The van der Waals surface area contributed by atoms with Crippen molar-refractivity contribution in [2.75, 3.05) is 11.9 Å². The normalized spacial score (nSPS) is 9.71. The Morgan fingerprint density at radius 1 is 1.04 bits per heavy atom. The highest BCUT2D eigenvalue weighted by Crippen LogP contribution is 2.17. The van der Waals surface area contributed by atoms with Gasteiger partial charge in [-0.3, -0.25) is 5.43 Å². The van der Waals surface area contributed by atoms with E-state index in [9.17, 15) is 4.79 Å². The number of anilines is 1. The largest absolute Gasteiger partial charge is 0.489 e. The molecule has 2 rings (SSSR count). The summed E-state index contributed by atoms with van der Waals surface area (Å²) in [7, 11) is 0. The Balaban J connectivity index is 1.77. The Bertz CT molecular complexity index is 663. The number of carbonyl (C=O) groups excluding carboxylic acids is 1. The average Bonchev–Trinajstić information content (AvgIpc) is 2.61. The van der Waals surface area contributed by atoms with E-state index in [1.165, 1.54) is 0 Å². The smallest absolute Gasteiger partial charge is 0.425 e. The van der Waals surface area contributed by atoms with Crippen LogP contribution in [0.15, 0.2) is 54.6 Å². The van der Waals surface area contributed by atoms with Crippen molar-refractivity contribution in [3.05, 3.63) is 60.2 Å². The highest BCUT2D eigenvalue weighted by Gasteiger charge is 2.02. The van der Waals surface area contributed by atoms with E-state index in [4.69, 9.17) is 21.7 Å². The van der Waals surface area contributed by atoms with Gasteiger partial charge in [0.25, 0.3) is 0 Å². The number of hydrogen-bond acceptors (Lipinski definition) is 4. The predicted octanol–water partition coefficient (Wildman–Crippen LogP) is 3.21. The molecule has 0 aliphatic heterocycles. The molecule has 24 heavy (non-hydrogen) atoms. The number of benzene rings is 2. The van der Waals surface area contributed by atoms with Crippen LogP contribution < -0.4 is 20.9 Å². The fourth-order valence-electron chi connectivity index (χ4n) is 1.81. The summed E-state index contributed by atoms with van der Waals surface area (Å²) in [4.78, 5) is 11.1. The molecule has 0 aromatic heterocycles. The van der Waals surface area contributed by atoms with Crippen molar-refractivity contribution in [3.8, 4) is 5.75 Å². The summed E-state index contributed by atoms with van der Waals surface area (Å²) in [6.45, 7) is 2.52. The lowest BCUT2D eigenvalue weighted by Crippen LogP contribution is -2.43. The zero-order chi connectivity index (χ0) is 17.2. The lowest BCUT2D eigenvalue weighted by atomic mass is 10.2. The van der Waals surface area contributed by atoms with Gasteiger partial charge in [0.1, 0.15) is 12.4 Å². The SMILES string of the molecule is CCOC(=O)NNC(=S)Nc1ccc(OCc2ccccc2)cc1. The summed E-state index contributed by atoms with van der Waals surface area (Å²) in [5.41, 5.74) is 6.73. The quantitative estimate of drug-likeness (QED) is 0.571. The molecule has 0 saturated heterocycles. The summed E-state index contributed by atoms with van der Waals surface area (Å²) in [6.07, 6.45) is -0.591. The molecule has 1 amide bonds. The predicted molar refractivity (Wildman–Crippen MR) is 96.7 cm³/mol. The molecule has 2 aromatic rings. The van der Waals surface area contributed by atoms with E-state index >= 15 is 0 Å². The minimum Gasteiger partial charge on any atom is -0.489 e. The van der Waals surface area contributed by atoms with Crippen LogP contribution in [0.25, 0.3) is 0 Å². The lowest BCUT2D eigenvalue weighted by molar-refractivity contribution is 0.150. The van der Waals surface area contributed by atoms with Gasteiger partial charge in [-0.15, -0.1) is 0 Å². The van der Waals surface area contributed by atoms with Crippen LogP contribution in [-0.4, -0.2) is 17.8 Å². The third kappa shape index (κ3) is 6.13. The molecule has 6 nitrogen and oxygen atoms in total. The zero-order valence-electron chi connectivity index (χ0n) is 13.2. The van der Waals surface area contributed by atoms with Crippen LogP contribution in [0.3, 0.4) is 0 Å². The maximum atomic E-state index is 11.1. The minimum absolute atomic E-state index is 0.251. The number of thiocarbonyl (C=S) groups is 1. The number of rotatable bonds is 5. The number of carbonyl (C=O) groups is 1. The first-order valence-corrected chi connectivity index (χ1v) is 7.84. The van der Waals surface area contributed by atoms with Gasteiger partial charge in [-0.2, -0.15) is 0 Å². The Morgan fingerprint density at radius 3 is 2.42 bits per heavy atom. The standard InChI is InChI=1S/C17H19N3O3S/c1-2-22-17(21)20-19-16(24)18-14-8-10-15(11-9-14)23-12-13-6-4-3-5-7-13/h3-11H,2,12H2,1H3,(H,20,21)(H2,18,19,24). The molecule has 126 valence electrons. The van der Waals surface area contributed by atoms with Gasteiger partial charge in [-0.1, -0.05) is 30.3 Å². The number of hydrazine groups is 1. The molecule has 0 atom stereocenters. The van der Waals surface area contributed by atoms with E-state index in [1.54, 1.807) is 6.92 Å². The molecule has 0 heterocycles. The molecule has 7 heteroatoms. The third-order valence-corrected chi connectivity index (χ3v) is 3.12. The van der Waals surface area contributed by atoms with Gasteiger partial charge < -0.3 is 14.8 Å². The van der Waals surface area contributed by atoms with Crippen LogP contribution in [0.1, 0.15) is 12.5 Å². The van der Waals surface area contributed by atoms with Crippen molar-refractivity contribution in [2.45, 2.75) is 13.5 Å². The molecule has 0 spiro atoms. The van der Waals surface area contributed by atoms with Crippen molar-refractivity contribution < 1.29 is 14.3 Å². The second kappa shape index (κ2) is 9.36. The van der Waals surface area contributed by atoms with Gasteiger partial charge in [0, 0.05) is 5.69 Å². The molecular weight excluding hydrogens is 326 g/mol. The Hall–Kier alpha value is -2.80. The second-order valence-corrected chi connectivity index (χ2v) is 5.13. The highest BCUT2D eigenvalue weighted by atomic mass is 32.1. The fourth-order valence-corrected chi connectivity index (χ4v) is 1.98. The van der Waals surface area contributed by atoms with Crippen LogP contribution in [-0.2, 0) is 11.3 Å². The number of hydrogen-bond donors (Lipinski definition) is 3. The van der Waals surface area contributed by atoms with E-state index < -0.39 is 6.09 Å². The van der Waals surface area contributed by atoms with Crippen molar-refractivity contribution in [2.24, 2.45) is 0 Å². The van der Waals surface area contributed by atoms with E-state index in [1.807, 2.05) is 54.6 Å². The molecule has 3 N–H and O–H groups in total. The summed E-state index contributed by atoms with van der Waals surface area (Å²) in [5, 5.41) is 3.19. The van der Waals surface area contributed by atoms with Crippen molar-refractivity contribution >= 4 is 29.1 Å². The first-order chi connectivity index (χ1) is 11.7. The Labute approximate surface area is 146 Å². The zero-order valence-corrected chi connectivity index (χ0v) is 14.1. The number of amides is 1. The van der Waals surface area contributed by atoms with Crippen LogP contribution in [0.2, 0.25) is 0 Å². The molecular formula is C17H19N3O3S. The molecule has 0 radical (unpaired) electrons. The molecule has 0 aliphatic rings. The number of nitrogens with one attached hydrogen (secondary N) is 3. The van der Waals surface area contributed by atoms with E-state index in [2.05, 4.69) is 16.2 Å². The van der Waals surface area contributed by atoms with Gasteiger partial charge in [-0.25, -0.2) is 10.2 Å². The van der Waals surface area contributed by atoms with E-state index in [0.717, 1.165) is 17.0 Å². The summed E-state index contributed by atoms with van der Waals surface area (Å²) >= 11 is 5.06. The van der Waals surface area contributed by atoms with Gasteiger partial charge in [0.05, 0.1) is 6.61 Å². The van der Waals surface area contributed by atoms with Crippen molar-refractivity contribution in [3.63, 3.8) is 0 Å². The maximum Gasteiger partial charge on any atom is 0.425 e. The van der Waals surface area contributed by atoms with Gasteiger partial charge in [0.15, 0.2) is 5.11 Å². The van der Waals surface area contributed by atoms with Gasteiger partial charge in [0.2, 0.25) is 0 Å². The highest BCUT2D eigenvalue weighted by molar-refractivity contribution is 7.80. The van der Waals surface area contributed by atoms with Crippen LogP contribution in [0.4, 0.5) is 10.5 Å². The molecule has 0 fully saturated rings. The summed E-state index contributed by atoms with van der Waals surface area (Å²) < 4.78 is 10.4. The fraction of sp³-hybridized carbons (Fsp3) is 0.176. The molecule has 2 aromatic carbocycles. The van der Waals surface area contributed by atoms with Crippen LogP contribution in [0, 0.1) is 0 Å².